The highest BCUT2D eigenvalue weighted by atomic mass is 32.2. The van der Waals surface area contributed by atoms with Gasteiger partial charge in [-0.25, -0.2) is 0 Å². The zero-order valence-corrected chi connectivity index (χ0v) is 14.5. The maximum absolute atomic E-state index is 12.5. The maximum atomic E-state index is 12.5. The first-order valence-corrected chi connectivity index (χ1v) is 9.71. The molecule has 128 valence electrons. The van der Waals surface area contributed by atoms with Crippen LogP contribution in [0, 0.1) is 11.3 Å². The van der Waals surface area contributed by atoms with Crippen LogP contribution < -0.4 is 0 Å². The van der Waals surface area contributed by atoms with E-state index in [0.717, 1.165) is 38.4 Å². The number of rotatable bonds is 6. The summed E-state index contributed by atoms with van der Waals surface area (Å²) < 4.78 is 39.8. The van der Waals surface area contributed by atoms with Gasteiger partial charge in [0.05, 0.1) is 12.7 Å². The highest BCUT2D eigenvalue weighted by Gasteiger charge is 2.49. The van der Waals surface area contributed by atoms with Gasteiger partial charge in [0, 0.05) is 45.8 Å². The molecule has 0 spiro atoms. The Bertz CT molecular complexity index is 492. The average Bonchev–Trinajstić information content (AvgIpc) is 3.30. The van der Waals surface area contributed by atoms with E-state index in [4.69, 9.17) is 9.47 Å². The number of hydrogen-bond acceptors (Lipinski definition) is 4. The highest BCUT2D eigenvalue weighted by molar-refractivity contribution is 7.86. The normalized spacial score (nSPS) is 33.9. The third kappa shape index (κ3) is 3.33. The Morgan fingerprint density at radius 3 is 2.77 bits per heavy atom. The van der Waals surface area contributed by atoms with Gasteiger partial charge in [-0.15, -0.1) is 0 Å². The summed E-state index contributed by atoms with van der Waals surface area (Å²) in [4.78, 5) is 0. The molecule has 6 nitrogen and oxygen atoms in total. The molecule has 2 unspecified atom stereocenters. The van der Waals surface area contributed by atoms with Crippen LogP contribution in [-0.4, -0.2) is 70.1 Å². The van der Waals surface area contributed by atoms with E-state index in [-0.39, 0.29) is 11.5 Å². The summed E-state index contributed by atoms with van der Waals surface area (Å²) in [5.41, 5.74) is -0.172. The van der Waals surface area contributed by atoms with Crippen molar-refractivity contribution in [1.82, 2.24) is 8.61 Å². The Morgan fingerprint density at radius 1 is 1.32 bits per heavy atom. The minimum Gasteiger partial charge on any atom is -0.380 e. The Kier molecular flexibility index (Phi) is 4.81. The van der Waals surface area contributed by atoms with E-state index in [9.17, 15) is 8.42 Å². The van der Waals surface area contributed by atoms with E-state index >= 15 is 0 Å². The van der Waals surface area contributed by atoms with Crippen LogP contribution in [-0.2, 0) is 19.7 Å². The van der Waals surface area contributed by atoms with Gasteiger partial charge >= 0.3 is 0 Å². The first-order valence-electron chi connectivity index (χ1n) is 8.31. The fourth-order valence-corrected chi connectivity index (χ4v) is 4.82. The molecular formula is C15H28N2O4S. The number of fused-ring (bicyclic) bond motifs is 1. The Balaban J connectivity index is 1.71. The lowest BCUT2D eigenvalue weighted by atomic mass is 9.73. The lowest BCUT2D eigenvalue weighted by Crippen LogP contribution is -2.59. The molecule has 3 rings (SSSR count). The van der Waals surface area contributed by atoms with E-state index in [1.54, 1.807) is 18.4 Å². The third-order valence-corrected chi connectivity index (χ3v) is 7.07. The molecule has 2 saturated heterocycles. The van der Waals surface area contributed by atoms with Crippen molar-refractivity contribution in [1.29, 1.82) is 0 Å². The average molecular weight is 332 g/mol. The molecule has 7 heteroatoms. The quantitative estimate of drug-likeness (QED) is 0.731. The van der Waals surface area contributed by atoms with Gasteiger partial charge < -0.3 is 9.47 Å². The van der Waals surface area contributed by atoms with Gasteiger partial charge in [-0.2, -0.15) is 17.0 Å². The van der Waals surface area contributed by atoms with Gasteiger partial charge in [0.2, 0.25) is 0 Å². The molecule has 0 aromatic carbocycles. The summed E-state index contributed by atoms with van der Waals surface area (Å²) in [7, 11) is -0.177. The molecule has 0 aromatic heterocycles. The van der Waals surface area contributed by atoms with Crippen molar-refractivity contribution in [2.75, 3.05) is 47.0 Å². The van der Waals surface area contributed by atoms with E-state index < -0.39 is 10.2 Å². The fourth-order valence-electron chi connectivity index (χ4n) is 3.60. The van der Waals surface area contributed by atoms with Crippen LogP contribution in [0.3, 0.4) is 0 Å². The Morgan fingerprint density at radius 2 is 2.09 bits per heavy atom. The van der Waals surface area contributed by atoms with Crippen LogP contribution in [0.2, 0.25) is 0 Å². The third-order valence-electron chi connectivity index (χ3n) is 5.18. The Hall–Kier alpha value is -0.210. The van der Waals surface area contributed by atoms with Crippen molar-refractivity contribution in [3.05, 3.63) is 0 Å². The van der Waals surface area contributed by atoms with E-state index in [0.29, 0.717) is 19.7 Å². The number of nitrogens with zero attached hydrogens (tertiary/aromatic N) is 2. The zero-order chi connectivity index (χ0) is 15.8. The van der Waals surface area contributed by atoms with Crippen molar-refractivity contribution in [2.45, 2.75) is 38.2 Å². The molecule has 0 amide bonds. The molecule has 2 atom stereocenters. The van der Waals surface area contributed by atoms with Crippen molar-refractivity contribution in [2.24, 2.45) is 11.3 Å². The molecule has 3 aliphatic rings. The second-order valence-electron chi connectivity index (χ2n) is 7.20. The van der Waals surface area contributed by atoms with E-state index in [1.165, 1.54) is 17.1 Å². The van der Waals surface area contributed by atoms with Crippen molar-refractivity contribution < 1.29 is 17.9 Å². The van der Waals surface area contributed by atoms with Gasteiger partial charge in [-0.1, -0.05) is 0 Å². The summed E-state index contributed by atoms with van der Waals surface area (Å²) in [6.45, 7) is 3.27. The molecule has 3 fully saturated rings. The lowest BCUT2D eigenvalue weighted by molar-refractivity contribution is -0.143. The van der Waals surface area contributed by atoms with Gasteiger partial charge in [0.1, 0.15) is 0 Å². The predicted octanol–water partition coefficient (Wildman–Crippen LogP) is 1.09. The van der Waals surface area contributed by atoms with Gasteiger partial charge in [0.25, 0.3) is 10.2 Å². The molecule has 0 aromatic rings. The number of hydrogen-bond donors (Lipinski definition) is 0. The van der Waals surface area contributed by atoms with E-state index in [2.05, 4.69) is 0 Å². The maximum Gasteiger partial charge on any atom is 0.281 e. The zero-order valence-electron chi connectivity index (χ0n) is 13.7. The molecule has 0 N–H and O–H groups in total. The SMILES string of the molecule is CN(C)S(=O)(=O)N1CCC2OCCCC2(COCC2CC2)C1. The van der Waals surface area contributed by atoms with Crippen molar-refractivity contribution in [3.8, 4) is 0 Å². The van der Waals surface area contributed by atoms with Crippen LogP contribution in [0.5, 0.6) is 0 Å². The van der Waals surface area contributed by atoms with Crippen LogP contribution in [0.4, 0.5) is 0 Å². The van der Waals surface area contributed by atoms with Crippen LogP contribution in [0.15, 0.2) is 0 Å². The molecule has 2 heterocycles. The predicted molar refractivity (Wildman–Crippen MR) is 83.7 cm³/mol. The lowest BCUT2D eigenvalue weighted by Gasteiger charge is -2.50. The molecule has 0 radical (unpaired) electrons. The highest BCUT2D eigenvalue weighted by Crippen LogP contribution is 2.42. The fraction of sp³-hybridized carbons (Fsp3) is 1.00. The second-order valence-corrected chi connectivity index (χ2v) is 9.34. The van der Waals surface area contributed by atoms with Crippen molar-refractivity contribution in [3.63, 3.8) is 0 Å². The molecule has 1 saturated carbocycles. The van der Waals surface area contributed by atoms with Crippen LogP contribution >= 0.6 is 0 Å². The topological polar surface area (TPSA) is 59.1 Å². The van der Waals surface area contributed by atoms with Gasteiger partial charge in [0.15, 0.2) is 0 Å². The van der Waals surface area contributed by atoms with E-state index in [1.807, 2.05) is 0 Å². The minimum atomic E-state index is -3.36. The molecule has 1 aliphatic carbocycles. The standard InChI is InChI=1S/C15H28N2O4S/c1-16(2)22(18,19)17-8-6-14-15(11-17,7-3-9-21-14)12-20-10-13-4-5-13/h13-14H,3-12H2,1-2H3. The first kappa shape index (κ1) is 16.6. The van der Waals surface area contributed by atoms with Crippen LogP contribution in [0.1, 0.15) is 32.1 Å². The van der Waals surface area contributed by atoms with Crippen molar-refractivity contribution >= 4 is 10.2 Å². The van der Waals surface area contributed by atoms with Crippen LogP contribution in [0.25, 0.3) is 0 Å². The van der Waals surface area contributed by atoms with Gasteiger partial charge in [-0.3, -0.25) is 0 Å². The summed E-state index contributed by atoms with van der Waals surface area (Å²) in [5.74, 6) is 0.726. The second kappa shape index (κ2) is 6.36. The number of ether oxygens (including phenoxy) is 2. The first-order chi connectivity index (χ1) is 10.4. The smallest absolute Gasteiger partial charge is 0.281 e. The largest absolute Gasteiger partial charge is 0.380 e. The molecule has 22 heavy (non-hydrogen) atoms. The van der Waals surface area contributed by atoms with Gasteiger partial charge in [-0.05, 0) is 38.0 Å². The summed E-state index contributed by atoms with van der Waals surface area (Å²) in [6, 6.07) is 0. The minimum absolute atomic E-state index is 0.133. The summed E-state index contributed by atoms with van der Waals surface area (Å²) in [5, 5.41) is 0. The molecule has 0 bridgehead atoms. The molecule has 2 aliphatic heterocycles. The Labute approximate surface area is 133 Å². The number of piperidine rings is 1. The summed E-state index contributed by atoms with van der Waals surface area (Å²) >= 11 is 0. The summed E-state index contributed by atoms with van der Waals surface area (Å²) in [6.07, 6.45) is 5.41. The monoisotopic (exact) mass is 332 g/mol. The molecular weight excluding hydrogens is 304 g/mol.